The molecule has 2 amide bonds. The smallest absolute Gasteiger partial charge is 0.407 e. The number of hydrogen-bond acceptors (Lipinski definition) is 4. The second-order valence-corrected chi connectivity index (χ2v) is 9.00. The lowest BCUT2D eigenvalue weighted by Crippen LogP contribution is -2.47. The Balaban J connectivity index is 1.15. The Kier molecular flexibility index (Phi) is 7.83. The molecule has 2 aliphatic rings. The molecule has 0 aromatic heterocycles. The van der Waals surface area contributed by atoms with Gasteiger partial charge in [0.05, 0.1) is 0 Å². The van der Waals surface area contributed by atoms with Crippen molar-refractivity contribution in [2.45, 2.75) is 56.9 Å². The van der Waals surface area contributed by atoms with Crippen molar-refractivity contribution in [2.24, 2.45) is 0 Å². The first-order valence-corrected chi connectivity index (χ1v) is 12.2. The summed E-state index contributed by atoms with van der Waals surface area (Å²) in [5, 5.41) is 12.1. The lowest BCUT2D eigenvalue weighted by molar-refractivity contribution is -0.152. The number of carboxylic acid groups (broad SMARTS) is 1. The van der Waals surface area contributed by atoms with Crippen molar-refractivity contribution in [3.05, 3.63) is 59.7 Å². The summed E-state index contributed by atoms with van der Waals surface area (Å²) in [5.74, 6) is -0.967. The van der Waals surface area contributed by atoms with Gasteiger partial charge in [0.2, 0.25) is 5.91 Å². The van der Waals surface area contributed by atoms with E-state index in [1.165, 1.54) is 27.2 Å². The predicted molar refractivity (Wildman–Crippen MR) is 129 cm³/mol. The SMILES string of the molecule is O=C(NCCCCCC(=O)N1CCCC[C@@H]1C(=O)O)OCC1c2ccccc2-c2ccccc21. The van der Waals surface area contributed by atoms with Gasteiger partial charge in [-0.1, -0.05) is 55.0 Å². The number of rotatable bonds is 9. The Labute approximate surface area is 200 Å². The molecule has 7 nitrogen and oxygen atoms in total. The average Bonchev–Trinajstić information content (AvgIpc) is 3.18. The van der Waals surface area contributed by atoms with Crippen LogP contribution in [-0.2, 0) is 14.3 Å². The molecule has 1 fully saturated rings. The van der Waals surface area contributed by atoms with Crippen molar-refractivity contribution in [1.82, 2.24) is 10.2 Å². The second kappa shape index (κ2) is 11.2. The maximum atomic E-state index is 12.4. The molecule has 4 rings (SSSR count). The van der Waals surface area contributed by atoms with Crippen molar-refractivity contribution in [3.63, 3.8) is 0 Å². The number of carbonyl (C=O) groups is 3. The second-order valence-electron chi connectivity index (χ2n) is 9.00. The van der Waals surface area contributed by atoms with E-state index in [1.54, 1.807) is 0 Å². The fraction of sp³-hybridized carbons (Fsp3) is 0.444. The molecule has 2 aromatic carbocycles. The standard InChI is InChI=1S/C27H32N2O5/c30-25(29-17-9-7-14-24(29)26(31)32)15-2-1-8-16-28-27(33)34-18-23-21-12-5-3-10-19(21)20-11-4-6-13-22(20)23/h3-6,10-13,23-24H,1-2,7-9,14-18H2,(H,28,33)(H,31,32)/t24-/m1/s1. The van der Waals surface area contributed by atoms with Gasteiger partial charge in [-0.25, -0.2) is 9.59 Å². The van der Waals surface area contributed by atoms with Gasteiger partial charge >= 0.3 is 12.1 Å². The minimum absolute atomic E-state index is 0.0357. The number of unbranched alkanes of at least 4 members (excludes halogenated alkanes) is 2. The number of benzene rings is 2. The number of alkyl carbamates (subject to hydrolysis) is 1. The molecule has 1 heterocycles. The van der Waals surface area contributed by atoms with Gasteiger partial charge in [0, 0.05) is 25.4 Å². The molecule has 1 atom stereocenters. The molecule has 0 radical (unpaired) electrons. The molecule has 2 N–H and O–H groups in total. The summed E-state index contributed by atoms with van der Waals surface area (Å²) >= 11 is 0. The Morgan fingerprint density at radius 2 is 1.62 bits per heavy atom. The van der Waals surface area contributed by atoms with Crippen molar-refractivity contribution in [2.75, 3.05) is 19.7 Å². The molecule has 1 saturated heterocycles. The lowest BCUT2D eigenvalue weighted by atomic mass is 9.98. The molecule has 0 bridgehead atoms. The van der Waals surface area contributed by atoms with E-state index < -0.39 is 18.1 Å². The van der Waals surface area contributed by atoms with Crippen LogP contribution in [0.15, 0.2) is 48.5 Å². The van der Waals surface area contributed by atoms with E-state index in [0.29, 0.717) is 32.4 Å². The number of nitrogens with zero attached hydrogens (tertiary/aromatic N) is 1. The molecular formula is C27H32N2O5. The van der Waals surface area contributed by atoms with Crippen LogP contribution in [0.4, 0.5) is 4.79 Å². The maximum absolute atomic E-state index is 12.4. The Morgan fingerprint density at radius 3 is 2.29 bits per heavy atom. The van der Waals surface area contributed by atoms with E-state index in [9.17, 15) is 19.5 Å². The molecule has 2 aromatic rings. The molecule has 1 aliphatic carbocycles. The summed E-state index contributed by atoms with van der Waals surface area (Å²) < 4.78 is 5.53. The maximum Gasteiger partial charge on any atom is 0.407 e. The highest BCUT2D eigenvalue weighted by atomic mass is 16.5. The summed E-state index contributed by atoms with van der Waals surface area (Å²) in [6.07, 6.45) is 4.34. The number of fused-ring (bicyclic) bond motifs is 3. The van der Waals surface area contributed by atoms with Gasteiger partial charge in [-0.15, -0.1) is 0 Å². The Morgan fingerprint density at radius 1 is 0.941 bits per heavy atom. The van der Waals surface area contributed by atoms with Crippen LogP contribution in [0, 0.1) is 0 Å². The summed E-state index contributed by atoms with van der Waals surface area (Å²) in [6, 6.07) is 15.8. The number of carbonyl (C=O) groups excluding carboxylic acids is 2. The van der Waals surface area contributed by atoms with Crippen molar-refractivity contribution in [3.8, 4) is 11.1 Å². The highest BCUT2D eigenvalue weighted by Crippen LogP contribution is 2.44. The summed E-state index contributed by atoms with van der Waals surface area (Å²) in [4.78, 5) is 37.5. The van der Waals surface area contributed by atoms with E-state index in [0.717, 1.165) is 25.7 Å². The molecule has 34 heavy (non-hydrogen) atoms. The third kappa shape index (κ3) is 5.41. The van der Waals surface area contributed by atoms with Crippen molar-refractivity contribution in [1.29, 1.82) is 0 Å². The number of aliphatic carboxylic acids is 1. The van der Waals surface area contributed by atoms with Gasteiger partial charge in [0.15, 0.2) is 0 Å². The highest BCUT2D eigenvalue weighted by Gasteiger charge is 2.31. The van der Waals surface area contributed by atoms with Gasteiger partial charge in [0.1, 0.15) is 12.6 Å². The number of hydrogen-bond donors (Lipinski definition) is 2. The lowest BCUT2D eigenvalue weighted by Gasteiger charge is -2.33. The minimum atomic E-state index is -0.916. The summed E-state index contributed by atoms with van der Waals surface area (Å²) in [6.45, 7) is 1.29. The van der Waals surface area contributed by atoms with Gasteiger partial charge in [-0.05, 0) is 54.4 Å². The highest BCUT2D eigenvalue weighted by molar-refractivity contribution is 5.84. The minimum Gasteiger partial charge on any atom is -0.480 e. The molecule has 0 unspecified atom stereocenters. The third-order valence-corrected chi connectivity index (χ3v) is 6.79. The van der Waals surface area contributed by atoms with Gasteiger partial charge in [-0.3, -0.25) is 4.79 Å². The zero-order chi connectivity index (χ0) is 23.9. The Bertz CT molecular complexity index is 992. The molecule has 180 valence electrons. The number of nitrogens with one attached hydrogen (secondary N) is 1. The van der Waals surface area contributed by atoms with E-state index in [-0.39, 0.29) is 18.4 Å². The summed E-state index contributed by atoms with van der Waals surface area (Å²) in [7, 11) is 0. The van der Waals surface area contributed by atoms with Crippen LogP contribution in [0.3, 0.4) is 0 Å². The van der Waals surface area contributed by atoms with Gasteiger partial charge < -0.3 is 20.1 Å². The van der Waals surface area contributed by atoms with Crippen LogP contribution in [0.1, 0.15) is 62.0 Å². The van der Waals surface area contributed by atoms with E-state index in [4.69, 9.17) is 4.74 Å². The first kappa shape index (κ1) is 23.8. The molecule has 7 heteroatoms. The number of amides is 2. The fourth-order valence-corrected chi connectivity index (χ4v) is 5.05. The number of likely N-dealkylation sites (tertiary alicyclic amines) is 1. The van der Waals surface area contributed by atoms with Crippen LogP contribution in [-0.4, -0.2) is 53.7 Å². The molecular weight excluding hydrogens is 432 g/mol. The van der Waals surface area contributed by atoms with Crippen LogP contribution in [0.25, 0.3) is 11.1 Å². The molecule has 1 aliphatic heterocycles. The van der Waals surface area contributed by atoms with E-state index in [2.05, 4.69) is 29.6 Å². The number of piperidine rings is 1. The Hall–Kier alpha value is -3.35. The van der Waals surface area contributed by atoms with E-state index in [1.807, 2.05) is 24.3 Å². The zero-order valence-electron chi connectivity index (χ0n) is 19.4. The van der Waals surface area contributed by atoms with Crippen molar-refractivity contribution >= 4 is 18.0 Å². The fourth-order valence-electron chi connectivity index (χ4n) is 5.05. The predicted octanol–water partition coefficient (Wildman–Crippen LogP) is 4.55. The van der Waals surface area contributed by atoms with Gasteiger partial charge in [0.25, 0.3) is 0 Å². The molecule has 0 saturated carbocycles. The van der Waals surface area contributed by atoms with E-state index >= 15 is 0 Å². The first-order chi connectivity index (χ1) is 16.6. The van der Waals surface area contributed by atoms with Crippen molar-refractivity contribution < 1.29 is 24.2 Å². The largest absolute Gasteiger partial charge is 0.480 e. The normalized spacial score (nSPS) is 17.1. The number of carboxylic acids is 1. The van der Waals surface area contributed by atoms with Crippen LogP contribution in [0.5, 0.6) is 0 Å². The molecule has 0 spiro atoms. The van der Waals surface area contributed by atoms with Crippen LogP contribution < -0.4 is 5.32 Å². The number of ether oxygens (including phenoxy) is 1. The van der Waals surface area contributed by atoms with Crippen LogP contribution >= 0.6 is 0 Å². The van der Waals surface area contributed by atoms with Crippen LogP contribution in [0.2, 0.25) is 0 Å². The quantitative estimate of drug-likeness (QED) is 0.531. The monoisotopic (exact) mass is 464 g/mol. The zero-order valence-corrected chi connectivity index (χ0v) is 19.4. The first-order valence-electron chi connectivity index (χ1n) is 12.2. The third-order valence-electron chi connectivity index (χ3n) is 6.79. The average molecular weight is 465 g/mol. The van der Waals surface area contributed by atoms with Gasteiger partial charge in [-0.2, -0.15) is 0 Å². The topological polar surface area (TPSA) is 95.9 Å². The summed E-state index contributed by atoms with van der Waals surface area (Å²) in [5.41, 5.74) is 4.75.